The smallest absolute Gasteiger partial charge is 0.00955 e. The lowest BCUT2D eigenvalue weighted by atomic mass is 9.85. The fourth-order valence-electron chi connectivity index (χ4n) is 3.60. The largest absolute Gasteiger partial charge is 0.314 e. The van der Waals surface area contributed by atoms with Crippen molar-refractivity contribution in [1.29, 1.82) is 0 Å². The third kappa shape index (κ3) is 4.32. The Labute approximate surface area is 131 Å². The molecule has 1 fully saturated rings. The predicted octanol–water partition coefficient (Wildman–Crippen LogP) is 4.94. The van der Waals surface area contributed by atoms with Gasteiger partial charge in [-0.2, -0.15) is 0 Å². The molecule has 0 spiro atoms. The normalized spacial score (nSPS) is 26.2. The third-order valence-electron chi connectivity index (χ3n) is 5.20. The Hall–Kier alpha value is -0.820. The maximum Gasteiger partial charge on any atom is 0.00955 e. The summed E-state index contributed by atoms with van der Waals surface area (Å²) in [7, 11) is 0. The van der Waals surface area contributed by atoms with E-state index in [1.54, 1.807) is 0 Å². The van der Waals surface area contributed by atoms with Crippen LogP contribution >= 0.6 is 0 Å². The van der Waals surface area contributed by atoms with Crippen molar-refractivity contribution >= 4 is 0 Å². The van der Waals surface area contributed by atoms with Crippen molar-refractivity contribution in [3.05, 3.63) is 35.4 Å². The molecule has 1 N–H and O–H groups in total. The average molecular weight is 287 g/mol. The second kappa shape index (κ2) is 6.96. The van der Waals surface area contributed by atoms with E-state index >= 15 is 0 Å². The van der Waals surface area contributed by atoms with Gasteiger partial charge in [0.05, 0.1) is 0 Å². The van der Waals surface area contributed by atoms with Gasteiger partial charge in [-0.3, -0.25) is 0 Å². The summed E-state index contributed by atoms with van der Waals surface area (Å²) in [5.41, 5.74) is 3.21. The Morgan fingerprint density at radius 3 is 2.33 bits per heavy atom. The van der Waals surface area contributed by atoms with E-state index in [9.17, 15) is 0 Å². The van der Waals surface area contributed by atoms with Crippen molar-refractivity contribution in [3.8, 4) is 0 Å². The first kappa shape index (κ1) is 16.5. The molecule has 1 aliphatic carbocycles. The van der Waals surface area contributed by atoms with Crippen molar-refractivity contribution in [2.24, 2.45) is 11.8 Å². The van der Waals surface area contributed by atoms with Crippen LogP contribution in [0.25, 0.3) is 0 Å². The van der Waals surface area contributed by atoms with Gasteiger partial charge in [-0.05, 0) is 60.6 Å². The van der Waals surface area contributed by atoms with Gasteiger partial charge in [0.1, 0.15) is 0 Å². The van der Waals surface area contributed by atoms with Gasteiger partial charge in [-0.25, -0.2) is 0 Å². The molecule has 118 valence electrons. The average Bonchev–Trinajstić information content (AvgIpc) is 2.77. The van der Waals surface area contributed by atoms with E-state index in [0.717, 1.165) is 17.9 Å². The molecule has 0 radical (unpaired) electrons. The van der Waals surface area contributed by atoms with Gasteiger partial charge in [-0.15, -0.1) is 0 Å². The van der Waals surface area contributed by atoms with Crippen molar-refractivity contribution in [2.75, 3.05) is 6.54 Å². The topological polar surface area (TPSA) is 12.0 Å². The predicted molar refractivity (Wildman–Crippen MR) is 92.8 cm³/mol. The molecule has 0 bridgehead atoms. The van der Waals surface area contributed by atoms with Crippen LogP contribution in [0.15, 0.2) is 24.3 Å². The first-order chi connectivity index (χ1) is 9.91. The zero-order chi connectivity index (χ0) is 15.5. The van der Waals surface area contributed by atoms with E-state index in [0.29, 0.717) is 0 Å². The quantitative estimate of drug-likeness (QED) is 0.808. The van der Waals surface area contributed by atoms with Crippen LogP contribution in [0.5, 0.6) is 0 Å². The summed E-state index contributed by atoms with van der Waals surface area (Å²) in [6.07, 6.45) is 5.22. The van der Waals surface area contributed by atoms with Crippen molar-refractivity contribution < 1.29 is 0 Å². The fourth-order valence-corrected chi connectivity index (χ4v) is 3.60. The van der Waals surface area contributed by atoms with Crippen molar-refractivity contribution in [1.82, 2.24) is 5.32 Å². The first-order valence-electron chi connectivity index (χ1n) is 8.74. The molecule has 0 saturated heterocycles. The Morgan fingerprint density at radius 1 is 1.10 bits per heavy atom. The number of hydrogen-bond acceptors (Lipinski definition) is 1. The molecule has 3 atom stereocenters. The summed E-state index contributed by atoms with van der Waals surface area (Å²) in [5, 5.41) is 3.73. The zero-order valence-corrected chi connectivity index (χ0v) is 14.6. The zero-order valence-electron chi connectivity index (χ0n) is 14.6. The Bertz CT molecular complexity index is 426. The van der Waals surface area contributed by atoms with Crippen LogP contribution < -0.4 is 5.32 Å². The molecule has 2 rings (SSSR count). The monoisotopic (exact) mass is 287 g/mol. The van der Waals surface area contributed by atoms with Gasteiger partial charge in [0.15, 0.2) is 0 Å². The lowest BCUT2D eigenvalue weighted by molar-refractivity contribution is 0.351. The van der Waals surface area contributed by atoms with Crippen LogP contribution in [0.3, 0.4) is 0 Å². The van der Waals surface area contributed by atoms with Gasteiger partial charge in [0.25, 0.3) is 0 Å². The second-order valence-corrected chi connectivity index (χ2v) is 7.91. The standard InChI is InChI=1S/C20H33N/c1-6-13-21-19-12-9-17(15(19)2)14-16-7-10-18(11-8-16)20(3,4)5/h7-8,10-11,15,17,19,21H,6,9,12-14H2,1-5H3. The van der Waals surface area contributed by atoms with Crippen LogP contribution in [0, 0.1) is 11.8 Å². The van der Waals surface area contributed by atoms with E-state index in [4.69, 9.17) is 0 Å². The number of nitrogens with one attached hydrogen (secondary N) is 1. The summed E-state index contributed by atoms with van der Waals surface area (Å²) in [4.78, 5) is 0. The minimum atomic E-state index is 0.258. The number of rotatable bonds is 5. The van der Waals surface area contributed by atoms with Crippen LogP contribution in [0.4, 0.5) is 0 Å². The minimum Gasteiger partial charge on any atom is -0.314 e. The maximum absolute atomic E-state index is 3.73. The van der Waals surface area contributed by atoms with Crippen LogP contribution in [0.2, 0.25) is 0 Å². The highest BCUT2D eigenvalue weighted by Gasteiger charge is 2.32. The Balaban J connectivity index is 1.93. The molecule has 1 nitrogen and oxygen atoms in total. The van der Waals surface area contributed by atoms with E-state index in [1.807, 2.05) is 0 Å². The molecule has 0 amide bonds. The van der Waals surface area contributed by atoms with Gasteiger partial charge >= 0.3 is 0 Å². The molecular formula is C20H33N. The minimum absolute atomic E-state index is 0.258. The first-order valence-corrected chi connectivity index (χ1v) is 8.74. The van der Waals surface area contributed by atoms with E-state index in [1.165, 1.54) is 43.4 Å². The van der Waals surface area contributed by atoms with Crippen molar-refractivity contribution in [2.45, 2.75) is 71.8 Å². The lowest BCUT2D eigenvalue weighted by Gasteiger charge is -2.23. The van der Waals surface area contributed by atoms with E-state index in [-0.39, 0.29) is 5.41 Å². The van der Waals surface area contributed by atoms with Crippen molar-refractivity contribution in [3.63, 3.8) is 0 Å². The Kier molecular flexibility index (Phi) is 5.48. The molecule has 1 saturated carbocycles. The summed E-state index contributed by atoms with van der Waals surface area (Å²) in [6.45, 7) is 12.7. The lowest BCUT2D eigenvalue weighted by Crippen LogP contribution is -2.33. The highest BCUT2D eigenvalue weighted by Crippen LogP contribution is 2.34. The molecule has 0 aromatic heterocycles. The molecule has 0 heterocycles. The van der Waals surface area contributed by atoms with Gasteiger partial charge in [-0.1, -0.05) is 58.9 Å². The number of hydrogen-bond donors (Lipinski definition) is 1. The summed E-state index contributed by atoms with van der Waals surface area (Å²) in [5.74, 6) is 1.65. The van der Waals surface area contributed by atoms with Crippen LogP contribution in [-0.4, -0.2) is 12.6 Å². The summed E-state index contributed by atoms with van der Waals surface area (Å²) < 4.78 is 0. The molecular weight excluding hydrogens is 254 g/mol. The van der Waals surface area contributed by atoms with E-state index in [2.05, 4.69) is 64.2 Å². The molecule has 1 heteroatoms. The van der Waals surface area contributed by atoms with Crippen LogP contribution in [-0.2, 0) is 11.8 Å². The maximum atomic E-state index is 3.73. The molecule has 1 aromatic carbocycles. The highest BCUT2D eigenvalue weighted by molar-refractivity contribution is 5.28. The molecule has 1 aromatic rings. The molecule has 1 aliphatic rings. The summed E-state index contributed by atoms with van der Waals surface area (Å²) in [6, 6.07) is 10.1. The Morgan fingerprint density at radius 2 is 1.76 bits per heavy atom. The highest BCUT2D eigenvalue weighted by atomic mass is 14.9. The third-order valence-corrected chi connectivity index (χ3v) is 5.20. The fraction of sp³-hybridized carbons (Fsp3) is 0.700. The second-order valence-electron chi connectivity index (χ2n) is 7.91. The number of benzene rings is 1. The van der Waals surface area contributed by atoms with Gasteiger partial charge in [0, 0.05) is 6.04 Å². The van der Waals surface area contributed by atoms with E-state index < -0.39 is 0 Å². The molecule has 0 aliphatic heterocycles. The SMILES string of the molecule is CCCNC1CCC(Cc2ccc(C(C)(C)C)cc2)C1C. The molecule has 3 unspecified atom stereocenters. The summed E-state index contributed by atoms with van der Waals surface area (Å²) >= 11 is 0. The van der Waals surface area contributed by atoms with Crippen LogP contribution in [0.1, 0.15) is 65.0 Å². The molecule has 21 heavy (non-hydrogen) atoms. The van der Waals surface area contributed by atoms with Gasteiger partial charge < -0.3 is 5.32 Å². The van der Waals surface area contributed by atoms with Gasteiger partial charge in [0.2, 0.25) is 0 Å².